The number of rotatable bonds is 6. The van der Waals surface area contributed by atoms with Gasteiger partial charge in [0.15, 0.2) is 0 Å². The van der Waals surface area contributed by atoms with E-state index in [0.717, 1.165) is 11.6 Å². The molecule has 1 aromatic carbocycles. The third kappa shape index (κ3) is 4.60. The molecule has 0 aliphatic carbocycles. The van der Waals surface area contributed by atoms with E-state index in [-0.39, 0.29) is 0 Å². The van der Waals surface area contributed by atoms with Crippen LogP contribution >= 0.6 is 0 Å². The normalized spacial score (nSPS) is 11.0. The SMILES string of the molecule is C=CC[Si](OCC#Cc1ccc(C#N)cc1)(C(C)C)C(C)C. The van der Waals surface area contributed by atoms with Crippen molar-refractivity contribution < 1.29 is 4.43 Å². The van der Waals surface area contributed by atoms with Gasteiger partial charge in [0.2, 0.25) is 8.32 Å². The molecule has 0 amide bonds. The van der Waals surface area contributed by atoms with Crippen LogP contribution in [0.3, 0.4) is 0 Å². The molecule has 2 nitrogen and oxygen atoms in total. The number of allylic oxidation sites excluding steroid dienone is 1. The van der Waals surface area contributed by atoms with Crippen LogP contribution in [0.25, 0.3) is 0 Å². The Morgan fingerprint density at radius 3 is 2.14 bits per heavy atom. The second kappa shape index (κ2) is 8.59. The molecule has 0 bridgehead atoms. The van der Waals surface area contributed by atoms with Crippen LogP contribution in [0.4, 0.5) is 0 Å². The average molecular weight is 312 g/mol. The highest BCUT2D eigenvalue weighted by Crippen LogP contribution is 2.36. The van der Waals surface area contributed by atoms with E-state index in [1.165, 1.54) is 0 Å². The highest BCUT2D eigenvalue weighted by molar-refractivity contribution is 6.76. The molecule has 1 rings (SSSR count). The van der Waals surface area contributed by atoms with Crippen LogP contribution in [0.15, 0.2) is 36.9 Å². The summed E-state index contributed by atoms with van der Waals surface area (Å²) in [5.41, 5.74) is 2.62. The molecule has 0 aliphatic heterocycles. The first-order chi connectivity index (χ1) is 10.5. The van der Waals surface area contributed by atoms with Gasteiger partial charge in [-0.2, -0.15) is 5.26 Å². The Bertz CT molecular complexity index is 577. The molecule has 0 saturated heterocycles. The number of nitrogens with zero attached hydrogens (tertiary/aromatic N) is 1. The quantitative estimate of drug-likeness (QED) is 0.426. The van der Waals surface area contributed by atoms with Gasteiger partial charge in [0.05, 0.1) is 18.2 Å². The fourth-order valence-corrected chi connectivity index (χ4v) is 6.55. The van der Waals surface area contributed by atoms with E-state index in [2.05, 4.69) is 52.2 Å². The Balaban J connectivity index is 2.76. The number of nitriles is 1. The Morgan fingerprint density at radius 1 is 1.14 bits per heavy atom. The van der Waals surface area contributed by atoms with Crippen LogP contribution in [-0.2, 0) is 4.43 Å². The molecule has 1 aromatic rings. The van der Waals surface area contributed by atoms with Gasteiger partial charge in [-0.05, 0) is 41.4 Å². The van der Waals surface area contributed by atoms with Crippen LogP contribution in [0, 0.1) is 23.2 Å². The molecular formula is C19H25NOSi. The lowest BCUT2D eigenvalue weighted by molar-refractivity contribution is 0.334. The second-order valence-electron chi connectivity index (χ2n) is 6.04. The number of benzene rings is 1. The summed E-state index contributed by atoms with van der Waals surface area (Å²) in [7, 11) is -1.87. The fourth-order valence-electron chi connectivity index (χ4n) is 2.69. The number of hydrogen-bond donors (Lipinski definition) is 0. The van der Waals surface area contributed by atoms with Gasteiger partial charge in [-0.15, -0.1) is 6.58 Å². The summed E-state index contributed by atoms with van der Waals surface area (Å²) in [6.07, 6.45) is 1.99. The molecule has 116 valence electrons. The molecule has 22 heavy (non-hydrogen) atoms. The van der Waals surface area contributed by atoms with Gasteiger partial charge in [-0.25, -0.2) is 0 Å². The first kappa shape index (κ1) is 18.2. The summed E-state index contributed by atoms with van der Waals surface area (Å²) < 4.78 is 6.30. The van der Waals surface area contributed by atoms with Gasteiger partial charge in [0.25, 0.3) is 0 Å². The molecule has 0 saturated carbocycles. The summed E-state index contributed by atoms with van der Waals surface area (Å²) in [6, 6.07) is 10.4. The van der Waals surface area contributed by atoms with Crippen molar-refractivity contribution in [3.05, 3.63) is 48.0 Å². The standard InChI is InChI=1S/C19H25NOSi/c1-6-14-22(16(2)3,17(4)5)21-13-7-8-18-9-11-19(15-20)12-10-18/h6,9-12,16-17H,1,13-14H2,2-5H3. The van der Waals surface area contributed by atoms with Gasteiger partial charge >= 0.3 is 0 Å². The largest absolute Gasteiger partial charge is 0.405 e. The third-order valence-electron chi connectivity index (χ3n) is 4.08. The predicted molar refractivity (Wildman–Crippen MR) is 94.9 cm³/mol. The van der Waals surface area contributed by atoms with E-state index in [4.69, 9.17) is 9.69 Å². The molecule has 0 radical (unpaired) electrons. The summed E-state index contributed by atoms with van der Waals surface area (Å²) in [4.78, 5) is 0. The van der Waals surface area contributed by atoms with Crippen molar-refractivity contribution >= 4 is 8.32 Å². The third-order valence-corrected chi connectivity index (χ3v) is 9.60. The Labute approximate surface area is 135 Å². The van der Waals surface area contributed by atoms with Crippen LogP contribution < -0.4 is 0 Å². The highest BCUT2D eigenvalue weighted by Gasteiger charge is 2.40. The lowest BCUT2D eigenvalue weighted by atomic mass is 10.1. The van der Waals surface area contributed by atoms with E-state index in [9.17, 15) is 0 Å². The lowest BCUT2D eigenvalue weighted by Gasteiger charge is -2.37. The molecule has 3 heteroatoms. The van der Waals surface area contributed by atoms with Crippen LogP contribution in [0.2, 0.25) is 17.1 Å². The molecule has 0 atom stereocenters. The second-order valence-corrected chi connectivity index (χ2v) is 11.0. The zero-order valence-electron chi connectivity index (χ0n) is 14.0. The average Bonchev–Trinajstić information content (AvgIpc) is 2.50. The maximum atomic E-state index is 8.78. The van der Waals surface area contributed by atoms with Crippen LogP contribution in [-0.4, -0.2) is 14.9 Å². The molecule has 0 spiro atoms. The van der Waals surface area contributed by atoms with E-state index in [1.54, 1.807) is 12.1 Å². The first-order valence-electron chi connectivity index (χ1n) is 7.70. The van der Waals surface area contributed by atoms with Gasteiger partial charge in [-0.1, -0.05) is 45.6 Å². The molecule has 0 aromatic heterocycles. The van der Waals surface area contributed by atoms with Gasteiger partial charge in [-0.3, -0.25) is 0 Å². The molecule has 0 heterocycles. The topological polar surface area (TPSA) is 33.0 Å². The lowest BCUT2D eigenvalue weighted by Crippen LogP contribution is -2.44. The Kier molecular flexibility index (Phi) is 7.12. The van der Waals surface area contributed by atoms with Crippen molar-refractivity contribution in [3.63, 3.8) is 0 Å². The molecule has 0 aliphatic rings. The summed E-state index contributed by atoms with van der Waals surface area (Å²) >= 11 is 0. The smallest absolute Gasteiger partial charge is 0.202 e. The fraction of sp³-hybridized carbons (Fsp3) is 0.421. The Morgan fingerprint density at radius 2 is 1.68 bits per heavy atom. The van der Waals surface area contributed by atoms with Crippen molar-refractivity contribution in [2.45, 2.75) is 44.8 Å². The van der Waals surface area contributed by atoms with Crippen molar-refractivity contribution in [2.24, 2.45) is 0 Å². The van der Waals surface area contributed by atoms with E-state index >= 15 is 0 Å². The van der Waals surface area contributed by atoms with Gasteiger partial charge < -0.3 is 4.43 Å². The van der Waals surface area contributed by atoms with E-state index < -0.39 is 8.32 Å². The first-order valence-corrected chi connectivity index (χ1v) is 9.97. The van der Waals surface area contributed by atoms with Gasteiger partial charge in [0, 0.05) is 5.56 Å². The minimum Gasteiger partial charge on any atom is -0.405 e. The molecule has 0 unspecified atom stereocenters. The van der Waals surface area contributed by atoms with E-state index in [1.807, 2.05) is 18.2 Å². The Hall–Kier alpha value is -1.81. The molecule has 0 N–H and O–H groups in total. The van der Waals surface area contributed by atoms with Crippen molar-refractivity contribution in [1.82, 2.24) is 0 Å². The summed E-state index contributed by atoms with van der Waals surface area (Å²) in [6.45, 7) is 13.3. The van der Waals surface area contributed by atoms with Crippen molar-refractivity contribution in [3.8, 4) is 17.9 Å². The maximum Gasteiger partial charge on any atom is 0.202 e. The summed E-state index contributed by atoms with van der Waals surface area (Å²) in [5.74, 6) is 6.21. The zero-order chi connectivity index (χ0) is 16.6. The molecular weight excluding hydrogens is 286 g/mol. The minimum absolute atomic E-state index is 0.455. The minimum atomic E-state index is -1.87. The van der Waals surface area contributed by atoms with E-state index in [0.29, 0.717) is 23.3 Å². The summed E-state index contributed by atoms with van der Waals surface area (Å²) in [5, 5.41) is 8.78. The monoisotopic (exact) mass is 311 g/mol. The highest BCUT2D eigenvalue weighted by atomic mass is 28.4. The van der Waals surface area contributed by atoms with Crippen LogP contribution in [0.1, 0.15) is 38.8 Å². The predicted octanol–water partition coefficient (Wildman–Crippen LogP) is 4.88. The number of hydrogen-bond acceptors (Lipinski definition) is 2. The van der Waals surface area contributed by atoms with Crippen molar-refractivity contribution in [2.75, 3.05) is 6.61 Å². The van der Waals surface area contributed by atoms with Gasteiger partial charge in [0.1, 0.15) is 0 Å². The van der Waals surface area contributed by atoms with Crippen molar-refractivity contribution in [1.29, 1.82) is 5.26 Å². The molecule has 0 fully saturated rings. The van der Waals surface area contributed by atoms with Crippen LogP contribution in [0.5, 0.6) is 0 Å². The zero-order valence-corrected chi connectivity index (χ0v) is 15.0. The maximum absolute atomic E-state index is 8.78.